The van der Waals surface area contributed by atoms with Gasteiger partial charge in [0.15, 0.2) is 5.82 Å². The summed E-state index contributed by atoms with van der Waals surface area (Å²) < 4.78 is 46.3. The van der Waals surface area contributed by atoms with Crippen LogP contribution in [0.15, 0.2) is 57.8 Å². The lowest BCUT2D eigenvalue weighted by Crippen LogP contribution is -2.04. The first-order valence-corrected chi connectivity index (χ1v) is 8.84. The van der Waals surface area contributed by atoms with Crippen LogP contribution in [0.2, 0.25) is 0 Å². The lowest BCUT2D eigenvalue weighted by molar-refractivity contribution is 0.116. The van der Waals surface area contributed by atoms with Gasteiger partial charge in [0.1, 0.15) is 16.1 Å². The highest BCUT2D eigenvalue weighted by Gasteiger charge is 2.18. The van der Waals surface area contributed by atoms with Gasteiger partial charge in [-0.1, -0.05) is 12.1 Å². The van der Waals surface area contributed by atoms with Gasteiger partial charge in [-0.05, 0) is 45.8 Å². The summed E-state index contributed by atoms with van der Waals surface area (Å²) in [7, 11) is 0. The fourth-order valence-electron chi connectivity index (χ4n) is 2.65. The summed E-state index contributed by atoms with van der Waals surface area (Å²) in [5.41, 5.74) is 1.65. The summed E-state index contributed by atoms with van der Waals surface area (Å²) in [6, 6.07) is 9.42. The van der Waals surface area contributed by atoms with E-state index >= 15 is 0 Å². The first-order chi connectivity index (χ1) is 13.5. The number of benzene rings is 1. The SMILES string of the molecule is Fc1cccc(Cn2c(Br)cnc2-c2cc(-c3nnc(C(F)F)o3)ccn2)c1. The molecule has 10 heteroatoms. The Morgan fingerprint density at radius 2 is 1.96 bits per heavy atom. The van der Waals surface area contributed by atoms with E-state index < -0.39 is 12.3 Å². The van der Waals surface area contributed by atoms with E-state index in [-0.39, 0.29) is 11.7 Å². The van der Waals surface area contributed by atoms with Crippen molar-refractivity contribution in [1.82, 2.24) is 24.7 Å². The molecule has 28 heavy (non-hydrogen) atoms. The standard InChI is InChI=1S/C18H11BrF3N5O/c19-14-8-24-16(27(14)9-10-2-1-3-12(20)6-10)13-7-11(4-5-23-13)17-25-26-18(28-17)15(21)22/h1-8,15H,9H2. The molecular weight excluding hydrogens is 439 g/mol. The summed E-state index contributed by atoms with van der Waals surface area (Å²) in [5.74, 6) is -0.613. The van der Waals surface area contributed by atoms with Gasteiger partial charge in [-0.3, -0.25) is 4.98 Å². The van der Waals surface area contributed by atoms with Crippen molar-refractivity contribution < 1.29 is 17.6 Å². The average Bonchev–Trinajstić information content (AvgIpc) is 3.30. The average molecular weight is 450 g/mol. The second kappa shape index (κ2) is 7.55. The molecule has 0 saturated heterocycles. The number of pyridine rings is 1. The van der Waals surface area contributed by atoms with Crippen LogP contribution < -0.4 is 0 Å². The lowest BCUT2D eigenvalue weighted by atomic mass is 10.2. The Bertz CT molecular complexity index is 1130. The van der Waals surface area contributed by atoms with Crippen LogP contribution in [-0.2, 0) is 6.54 Å². The van der Waals surface area contributed by atoms with Crippen molar-refractivity contribution in [1.29, 1.82) is 0 Å². The van der Waals surface area contributed by atoms with Crippen LogP contribution in [-0.4, -0.2) is 24.7 Å². The number of hydrogen-bond acceptors (Lipinski definition) is 5. The molecule has 1 aromatic carbocycles. The number of rotatable bonds is 5. The van der Waals surface area contributed by atoms with Crippen LogP contribution in [0.4, 0.5) is 13.2 Å². The van der Waals surface area contributed by atoms with Gasteiger partial charge in [0.05, 0.1) is 12.7 Å². The van der Waals surface area contributed by atoms with Crippen LogP contribution in [0.1, 0.15) is 17.9 Å². The van der Waals surface area contributed by atoms with E-state index in [1.54, 1.807) is 35.0 Å². The number of nitrogens with zero attached hydrogens (tertiary/aromatic N) is 5. The molecule has 142 valence electrons. The Labute approximate surface area is 165 Å². The van der Waals surface area contributed by atoms with Gasteiger partial charge >= 0.3 is 6.43 Å². The molecule has 0 radical (unpaired) electrons. The molecule has 3 heterocycles. The van der Waals surface area contributed by atoms with E-state index in [9.17, 15) is 13.2 Å². The minimum absolute atomic E-state index is 0.0405. The van der Waals surface area contributed by atoms with E-state index in [2.05, 4.69) is 36.1 Å². The first-order valence-electron chi connectivity index (χ1n) is 8.05. The molecule has 4 rings (SSSR count). The van der Waals surface area contributed by atoms with E-state index in [0.717, 1.165) is 5.56 Å². The maximum absolute atomic E-state index is 13.5. The zero-order valence-corrected chi connectivity index (χ0v) is 15.6. The Hall–Kier alpha value is -3.01. The molecule has 0 saturated carbocycles. The molecule has 0 amide bonds. The van der Waals surface area contributed by atoms with Crippen molar-refractivity contribution in [2.75, 3.05) is 0 Å². The van der Waals surface area contributed by atoms with E-state index in [1.807, 2.05) is 0 Å². The highest BCUT2D eigenvalue weighted by Crippen LogP contribution is 2.28. The lowest BCUT2D eigenvalue weighted by Gasteiger charge is -2.10. The van der Waals surface area contributed by atoms with Gasteiger partial charge < -0.3 is 8.98 Å². The summed E-state index contributed by atoms with van der Waals surface area (Å²) in [6.07, 6.45) is 0.250. The van der Waals surface area contributed by atoms with Gasteiger partial charge in [-0.2, -0.15) is 8.78 Å². The number of halogens is 4. The monoisotopic (exact) mass is 449 g/mol. The predicted molar refractivity (Wildman–Crippen MR) is 96.9 cm³/mol. The third kappa shape index (κ3) is 3.68. The largest absolute Gasteiger partial charge is 0.415 e. The van der Waals surface area contributed by atoms with E-state index in [4.69, 9.17) is 4.42 Å². The van der Waals surface area contributed by atoms with E-state index in [0.29, 0.717) is 28.2 Å². The Morgan fingerprint density at radius 1 is 1.11 bits per heavy atom. The Kier molecular flexibility index (Phi) is 4.95. The quantitative estimate of drug-likeness (QED) is 0.434. The van der Waals surface area contributed by atoms with Crippen LogP contribution in [0, 0.1) is 5.82 Å². The molecule has 0 unspecified atom stereocenters. The van der Waals surface area contributed by atoms with Crippen LogP contribution in [0.3, 0.4) is 0 Å². The minimum Gasteiger partial charge on any atom is -0.415 e. The highest BCUT2D eigenvalue weighted by atomic mass is 79.9. The number of alkyl halides is 2. The van der Waals surface area contributed by atoms with Crippen molar-refractivity contribution in [3.8, 4) is 23.0 Å². The van der Waals surface area contributed by atoms with Crippen LogP contribution in [0.25, 0.3) is 23.0 Å². The fraction of sp³-hybridized carbons (Fsp3) is 0.111. The number of hydrogen-bond donors (Lipinski definition) is 0. The van der Waals surface area contributed by atoms with Crippen molar-refractivity contribution >= 4 is 15.9 Å². The molecule has 4 aromatic rings. The molecular formula is C18H11BrF3N5O. The molecule has 3 aromatic heterocycles. The van der Waals surface area contributed by atoms with Gasteiger partial charge in [0.25, 0.3) is 5.89 Å². The normalized spacial score (nSPS) is 11.3. The van der Waals surface area contributed by atoms with Gasteiger partial charge in [0, 0.05) is 11.8 Å². The maximum Gasteiger partial charge on any atom is 0.314 e. The summed E-state index contributed by atoms with van der Waals surface area (Å²) >= 11 is 3.43. The minimum atomic E-state index is -2.84. The molecule has 0 spiro atoms. The Morgan fingerprint density at radius 3 is 2.71 bits per heavy atom. The van der Waals surface area contributed by atoms with E-state index in [1.165, 1.54) is 18.3 Å². The summed E-state index contributed by atoms with van der Waals surface area (Å²) in [4.78, 5) is 8.64. The third-order valence-corrected chi connectivity index (χ3v) is 4.53. The van der Waals surface area contributed by atoms with Crippen LogP contribution >= 0.6 is 15.9 Å². The molecule has 0 atom stereocenters. The predicted octanol–water partition coefficient (Wildman–Crippen LogP) is 4.88. The van der Waals surface area contributed by atoms with Gasteiger partial charge in [-0.25, -0.2) is 9.37 Å². The highest BCUT2D eigenvalue weighted by molar-refractivity contribution is 9.10. The zero-order chi connectivity index (χ0) is 19.7. The molecule has 0 N–H and O–H groups in total. The summed E-state index contributed by atoms with van der Waals surface area (Å²) in [5, 5.41) is 6.97. The van der Waals surface area contributed by atoms with Gasteiger partial charge in [-0.15, -0.1) is 10.2 Å². The van der Waals surface area contributed by atoms with Crippen LogP contribution in [0.5, 0.6) is 0 Å². The molecule has 6 nitrogen and oxygen atoms in total. The molecule has 0 bridgehead atoms. The maximum atomic E-state index is 13.5. The molecule has 0 aliphatic rings. The zero-order valence-electron chi connectivity index (χ0n) is 14.1. The fourth-order valence-corrected chi connectivity index (χ4v) is 3.05. The third-order valence-electron chi connectivity index (χ3n) is 3.90. The number of aromatic nitrogens is 5. The van der Waals surface area contributed by atoms with Crippen molar-refractivity contribution in [3.63, 3.8) is 0 Å². The Balaban J connectivity index is 1.70. The van der Waals surface area contributed by atoms with Crippen molar-refractivity contribution in [2.24, 2.45) is 0 Å². The second-order valence-corrected chi connectivity index (χ2v) is 6.61. The molecule has 0 aliphatic heterocycles. The second-order valence-electron chi connectivity index (χ2n) is 5.80. The summed E-state index contributed by atoms with van der Waals surface area (Å²) in [6.45, 7) is 0.357. The molecule has 0 fully saturated rings. The van der Waals surface area contributed by atoms with Gasteiger partial charge in [0.2, 0.25) is 5.89 Å². The first kappa shape index (κ1) is 18.4. The smallest absolute Gasteiger partial charge is 0.314 e. The van der Waals surface area contributed by atoms with Crippen molar-refractivity contribution in [2.45, 2.75) is 13.0 Å². The molecule has 0 aliphatic carbocycles. The van der Waals surface area contributed by atoms with Crippen molar-refractivity contribution in [3.05, 3.63) is 70.7 Å². The number of imidazole rings is 1. The topological polar surface area (TPSA) is 69.6 Å².